The van der Waals surface area contributed by atoms with E-state index in [1.54, 1.807) is 0 Å². The summed E-state index contributed by atoms with van der Waals surface area (Å²) in [7, 11) is 0. The number of carbonyl (C=O) groups excluding carboxylic acids is 1. The van der Waals surface area contributed by atoms with Gasteiger partial charge in [-0.05, 0) is 6.92 Å². The van der Waals surface area contributed by atoms with E-state index in [2.05, 4.69) is 29.4 Å². The lowest BCUT2D eigenvalue weighted by molar-refractivity contribution is -0.343. The van der Waals surface area contributed by atoms with E-state index in [0.717, 1.165) is 13.3 Å². The molecule has 0 radical (unpaired) electrons. The van der Waals surface area contributed by atoms with Crippen LogP contribution in [0.5, 0.6) is 0 Å². The largest absolute Gasteiger partial charge is 0.550 e. The molecule has 68 valence electrons. The Labute approximate surface area is 76.7 Å². The SMILES string of the molecule is C1=[NH+]c2ccccc2C1.CC(=O)[O-]. The Morgan fingerprint density at radius 3 is 2.69 bits per heavy atom. The van der Waals surface area contributed by atoms with Crippen molar-refractivity contribution in [3.8, 4) is 0 Å². The van der Waals surface area contributed by atoms with Crippen molar-refractivity contribution in [3.63, 3.8) is 0 Å². The van der Waals surface area contributed by atoms with Crippen molar-refractivity contribution in [1.82, 2.24) is 0 Å². The first-order chi connectivity index (χ1) is 6.20. The van der Waals surface area contributed by atoms with E-state index in [1.165, 1.54) is 11.3 Å². The third-order valence-corrected chi connectivity index (χ3v) is 1.60. The lowest BCUT2D eigenvalue weighted by Crippen LogP contribution is -2.58. The number of carboxylic acids is 1. The number of para-hydroxylation sites is 1. The minimum Gasteiger partial charge on any atom is -0.550 e. The fraction of sp³-hybridized carbons (Fsp3) is 0.200. The minimum absolute atomic E-state index is 0.972. The van der Waals surface area contributed by atoms with Gasteiger partial charge in [-0.1, -0.05) is 18.2 Å². The Morgan fingerprint density at radius 2 is 2.08 bits per heavy atom. The minimum atomic E-state index is -1.08. The van der Waals surface area contributed by atoms with Gasteiger partial charge in [-0.2, -0.15) is 0 Å². The number of fused-ring (bicyclic) bond motifs is 1. The highest BCUT2D eigenvalue weighted by Crippen LogP contribution is 2.09. The molecule has 0 aliphatic carbocycles. The van der Waals surface area contributed by atoms with Crippen LogP contribution in [-0.2, 0) is 11.2 Å². The molecule has 13 heavy (non-hydrogen) atoms. The van der Waals surface area contributed by atoms with Crippen LogP contribution >= 0.6 is 0 Å². The first-order valence-electron chi connectivity index (χ1n) is 4.04. The van der Waals surface area contributed by atoms with Crippen LogP contribution in [0.15, 0.2) is 24.3 Å². The van der Waals surface area contributed by atoms with Crippen LogP contribution in [0, 0.1) is 0 Å². The lowest BCUT2D eigenvalue weighted by Gasteiger charge is -1.85. The van der Waals surface area contributed by atoms with E-state index in [9.17, 15) is 0 Å². The summed E-state index contributed by atoms with van der Waals surface area (Å²) in [6.07, 6.45) is 3.14. The predicted octanol–water partition coefficient (Wildman–Crippen LogP) is -1.22. The molecule has 1 aliphatic heterocycles. The average Bonchev–Trinajstić information content (AvgIpc) is 2.49. The molecule has 0 aromatic heterocycles. The van der Waals surface area contributed by atoms with E-state index in [-0.39, 0.29) is 0 Å². The van der Waals surface area contributed by atoms with Crippen molar-refractivity contribution >= 4 is 17.9 Å². The maximum atomic E-state index is 8.89. The van der Waals surface area contributed by atoms with Crippen molar-refractivity contribution in [2.45, 2.75) is 13.3 Å². The number of carboxylic acid groups (broad SMARTS) is 1. The van der Waals surface area contributed by atoms with Gasteiger partial charge in [0.15, 0.2) is 0 Å². The zero-order valence-corrected chi connectivity index (χ0v) is 7.41. The summed E-state index contributed by atoms with van der Waals surface area (Å²) in [4.78, 5) is 12.1. The van der Waals surface area contributed by atoms with Gasteiger partial charge in [0.05, 0.1) is 6.42 Å². The van der Waals surface area contributed by atoms with E-state index in [4.69, 9.17) is 9.90 Å². The molecule has 0 saturated heterocycles. The van der Waals surface area contributed by atoms with Crippen LogP contribution in [0.4, 0.5) is 5.69 Å². The molecule has 0 spiro atoms. The van der Waals surface area contributed by atoms with Gasteiger partial charge in [0.2, 0.25) is 5.69 Å². The highest BCUT2D eigenvalue weighted by atomic mass is 16.4. The van der Waals surface area contributed by atoms with Gasteiger partial charge < -0.3 is 9.90 Å². The quantitative estimate of drug-likeness (QED) is 0.540. The second-order valence-electron chi connectivity index (χ2n) is 2.70. The van der Waals surface area contributed by atoms with Crippen LogP contribution < -0.4 is 10.1 Å². The van der Waals surface area contributed by atoms with Gasteiger partial charge in [-0.25, -0.2) is 4.99 Å². The number of carbonyl (C=O) groups is 1. The maximum absolute atomic E-state index is 8.89. The first kappa shape index (κ1) is 9.45. The molecule has 0 amide bonds. The molecule has 1 aromatic rings. The summed E-state index contributed by atoms with van der Waals surface area (Å²) in [5, 5.41) is 8.89. The molecular weight excluding hydrogens is 166 g/mol. The van der Waals surface area contributed by atoms with Gasteiger partial charge >= 0.3 is 0 Å². The third kappa shape index (κ3) is 3.07. The van der Waals surface area contributed by atoms with Crippen molar-refractivity contribution in [1.29, 1.82) is 0 Å². The highest BCUT2D eigenvalue weighted by Gasteiger charge is 2.09. The van der Waals surface area contributed by atoms with Gasteiger partial charge in [-0.15, -0.1) is 0 Å². The number of benzene rings is 1. The molecule has 3 nitrogen and oxygen atoms in total. The van der Waals surface area contributed by atoms with Crippen LogP contribution in [0.3, 0.4) is 0 Å². The number of hydrogen-bond donors (Lipinski definition) is 1. The zero-order valence-electron chi connectivity index (χ0n) is 7.41. The molecule has 3 heteroatoms. The van der Waals surface area contributed by atoms with Gasteiger partial charge in [0, 0.05) is 17.6 Å². The van der Waals surface area contributed by atoms with Gasteiger partial charge in [-0.3, -0.25) is 0 Å². The number of aliphatic carboxylic acids is 1. The van der Waals surface area contributed by atoms with Crippen molar-refractivity contribution in [2.24, 2.45) is 0 Å². The Hall–Kier alpha value is -1.64. The summed E-state index contributed by atoms with van der Waals surface area (Å²) in [6.45, 7) is 0.972. The Balaban J connectivity index is 0.000000184. The second kappa shape index (κ2) is 4.40. The smallest absolute Gasteiger partial charge is 0.206 e. The Morgan fingerprint density at radius 1 is 1.46 bits per heavy atom. The highest BCUT2D eigenvalue weighted by molar-refractivity contribution is 5.65. The molecule has 1 aliphatic rings. The average molecular weight is 177 g/mol. The maximum Gasteiger partial charge on any atom is 0.206 e. The van der Waals surface area contributed by atoms with Crippen molar-refractivity contribution in [3.05, 3.63) is 29.8 Å². The molecule has 0 fully saturated rings. The van der Waals surface area contributed by atoms with E-state index in [1.807, 2.05) is 6.07 Å². The lowest BCUT2D eigenvalue weighted by atomic mass is 10.2. The molecule has 0 bridgehead atoms. The van der Waals surface area contributed by atoms with Crippen LogP contribution in [0.2, 0.25) is 0 Å². The van der Waals surface area contributed by atoms with Gasteiger partial charge in [0.25, 0.3) is 0 Å². The fourth-order valence-corrected chi connectivity index (χ4v) is 1.11. The van der Waals surface area contributed by atoms with E-state index >= 15 is 0 Å². The topological polar surface area (TPSA) is 54.1 Å². The van der Waals surface area contributed by atoms with E-state index in [0.29, 0.717) is 0 Å². The van der Waals surface area contributed by atoms with Crippen LogP contribution in [-0.4, -0.2) is 12.2 Å². The molecule has 1 N–H and O–H groups in total. The number of hydrogen-bond acceptors (Lipinski definition) is 2. The van der Waals surface area contributed by atoms with Crippen molar-refractivity contribution < 1.29 is 14.9 Å². The van der Waals surface area contributed by atoms with Crippen LogP contribution in [0.1, 0.15) is 12.5 Å². The molecule has 0 saturated carbocycles. The predicted molar refractivity (Wildman–Crippen MR) is 47.5 cm³/mol. The zero-order chi connectivity index (χ0) is 9.68. The Kier molecular flexibility index (Phi) is 3.20. The Bertz CT molecular complexity index is 327. The standard InChI is InChI=1S/C8H7N.C2H4O2/c1-2-4-8-7(3-1)5-6-9-8;1-2(3)4/h1-4,6H,5H2;1H3,(H,3,4). The summed E-state index contributed by atoms with van der Waals surface area (Å²) in [6, 6.07) is 8.36. The third-order valence-electron chi connectivity index (χ3n) is 1.60. The molecule has 1 aromatic carbocycles. The molecule has 0 unspecified atom stereocenters. The first-order valence-corrected chi connectivity index (χ1v) is 4.04. The van der Waals surface area contributed by atoms with Crippen LogP contribution in [0.25, 0.3) is 0 Å². The van der Waals surface area contributed by atoms with E-state index < -0.39 is 5.97 Å². The number of nitrogens with one attached hydrogen (secondary N) is 1. The molecule has 1 heterocycles. The second-order valence-corrected chi connectivity index (χ2v) is 2.70. The summed E-state index contributed by atoms with van der Waals surface area (Å²) < 4.78 is 0. The number of rotatable bonds is 0. The molecular formula is C10H11NO2. The summed E-state index contributed by atoms with van der Waals surface area (Å²) in [5.74, 6) is -1.08. The molecule has 2 rings (SSSR count). The fourth-order valence-electron chi connectivity index (χ4n) is 1.11. The summed E-state index contributed by atoms with van der Waals surface area (Å²) >= 11 is 0. The monoisotopic (exact) mass is 177 g/mol. The van der Waals surface area contributed by atoms with Crippen molar-refractivity contribution in [2.75, 3.05) is 0 Å². The summed E-state index contributed by atoms with van der Waals surface area (Å²) in [5.41, 5.74) is 2.66. The molecule has 0 atom stereocenters. The normalized spacial score (nSPS) is 11.5. The van der Waals surface area contributed by atoms with Gasteiger partial charge in [0.1, 0.15) is 6.21 Å².